The van der Waals surface area contributed by atoms with Crippen molar-refractivity contribution in [1.29, 1.82) is 0 Å². The van der Waals surface area contributed by atoms with Gasteiger partial charge >= 0.3 is 0 Å². The zero-order valence-corrected chi connectivity index (χ0v) is 11.4. The lowest BCUT2D eigenvalue weighted by Crippen LogP contribution is -2.27. The number of benzene rings is 1. The summed E-state index contributed by atoms with van der Waals surface area (Å²) in [5, 5.41) is 0.702. The lowest BCUT2D eigenvalue weighted by Gasteiger charge is -2.15. The van der Waals surface area contributed by atoms with Crippen LogP contribution in [-0.2, 0) is 0 Å². The van der Waals surface area contributed by atoms with E-state index < -0.39 is 0 Å². The number of nitrogens with one attached hydrogen (secondary N) is 1. The molecule has 16 heavy (non-hydrogen) atoms. The van der Waals surface area contributed by atoms with Crippen molar-refractivity contribution in [2.24, 2.45) is 5.84 Å². The average molecular weight is 302 g/mol. The van der Waals surface area contributed by atoms with Gasteiger partial charge in [-0.25, -0.2) is 0 Å². The normalized spacial score (nSPS) is 11.8. The molecule has 0 aliphatic heterocycles. The molecule has 0 radical (unpaired) electrons. The Balaban J connectivity index is 2.77. The Kier molecular flexibility index (Phi) is 5.86. The van der Waals surface area contributed by atoms with Gasteiger partial charge in [0.05, 0.1) is 5.02 Å². The third kappa shape index (κ3) is 3.80. The van der Waals surface area contributed by atoms with Gasteiger partial charge in [-0.3, -0.25) is 11.3 Å². The van der Waals surface area contributed by atoms with Crippen LogP contribution in [0.25, 0.3) is 0 Å². The Morgan fingerprint density at radius 3 is 2.88 bits per heavy atom. The van der Waals surface area contributed by atoms with Crippen LogP contribution in [0.5, 0.6) is 0 Å². The summed E-state index contributed by atoms with van der Waals surface area (Å²) in [6.45, 7) is 1.84. The highest BCUT2D eigenvalue weighted by molar-refractivity contribution is 9.10. The van der Waals surface area contributed by atoms with Gasteiger partial charge < -0.3 is 0 Å². The highest BCUT2D eigenvalue weighted by Crippen LogP contribution is 2.27. The fraction of sp³-hybridized carbons (Fsp3) is 0.333. The number of halogens is 2. The van der Waals surface area contributed by atoms with Gasteiger partial charge in [0.2, 0.25) is 0 Å². The molecule has 1 aromatic carbocycles. The van der Waals surface area contributed by atoms with Crippen molar-refractivity contribution in [2.75, 3.05) is 0 Å². The van der Waals surface area contributed by atoms with Gasteiger partial charge in [0, 0.05) is 16.9 Å². The molecule has 1 aromatic rings. The molecule has 1 unspecified atom stereocenters. The second-order valence-corrected chi connectivity index (χ2v) is 4.62. The molecule has 2 nitrogen and oxygen atoms in total. The number of rotatable bonds is 4. The fourth-order valence-electron chi connectivity index (χ4n) is 1.42. The SMILES string of the molecule is CC#CCCC(NN)c1ccc(Cl)c(Br)c1. The van der Waals surface area contributed by atoms with Crippen LogP contribution in [0, 0.1) is 11.8 Å². The van der Waals surface area contributed by atoms with E-state index in [0.717, 1.165) is 22.9 Å². The summed E-state index contributed by atoms with van der Waals surface area (Å²) in [6, 6.07) is 5.91. The largest absolute Gasteiger partial charge is 0.271 e. The molecule has 0 aromatic heterocycles. The third-order valence-electron chi connectivity index (χ3n) is 2.28. The van der Waals surface area contributed by atoms with E-state index in [1.54, 1.807) is 0 Å². The van der Waals surface area contributed by atoms with Crippen molar-refractivity contribution in [3.63, 3.8) is 0 Å². The molecule has 1 rings (SSSR count). The second-order valence-electron chi connectivity index (χ2n) is 3.36. The minimum Gasteiger partial charge on any atom is -0.271 e. The van der Waals surface area contributed by atoms with Crippen LogP contribution in [0.4, 0.5) is 0 Å². The molecular weight excluding hydrogens is 288 g/mol. The lowest BCUT2D eigenvalue weighted by atomic mass is 10.0. The molecule has 0 saturated heterocycles. The fourth-order valence-corrected chi connectivity index (χ4v) is 1.93. The Morgan fingerprint density at radius 2 is 2.31 bits per heavy atom. The Morgan fingerprint density at radius 1 is 1.56 bits per heavy atom. The van der Waals surface area contributed by atoms with E-state index in [4.69, 9.17) is 17.4 Å². The van der Waals surface area contributed by atoms with E-state index in [1.165, 1.54) is 0 Å². The molecule has 4 heteroatoms. The van der Waals surface area contributed by atoms with Crippen molar-refractivity contribution in [3.05, 3.63) is 33.3 Å². The van der Waals surface area contributed by atoms with Crippen molar-refractivity contribution in [3.8, 4) is 11.8 Å². The second kappa shape index (κ2) is 6.93. The summed E-state index contributed by atoms with van der Waals surface area (Å²) in [5.41, 5.74) is 3.90. The van der Waals surface area contributed by atoms with Crippen LogP contribution in [0.3, 0.4) is 0 Å². The molecule has 3 N–H and O–H groups in total. The Hall–Kier alpha value is -0.530. The zero-order chi connectivity index (χ0) is 12.0. The predicted octanol–water partition coefficient (Wildman–Crippen LogP) is 3.41. The van der Waals surface area contributed by atoms with Gasteiger partial charge in [0.25, 0.3) is 0 Å². The summed E-state index contributed by atoms with van der Waals surface area (Å²) in [7, 11) is 0. The van der Waals surface area contributed by atoms with Gasteiger partial charge in [-0.15, -0.1) is 11.8 Å². The summed E-state index contributed by atoms with van der Waals surface area (Å²) < 4.78 is 0.883. The van der Waals surface area contributed by atoms with E-state index in [1.807, 2.05) is 25.1 Å². The van der Waals surface area contributed by atoms with Gasteiger partial charge in [-0.05, 0) is 47.0 Å². The van der Waals surface area contributed by atoms with E-state index in [9.17, 15) is 0 Å². The maximum atomic E-state index is 5.93. The quantitative estimate of drug-likeness (QED) is 0.508. The number of hydrazine groups is 1. The molecule has 86 valence electrons. The number of hydrogen-bond donors (Lipinski definition) is 2. The summed E-state index contributed by atoms with van der Waals surface area (Å²) in [4.78, 5) is 0. The van der Waals surface area contributed by atoms with Crippen LogP contribution in [0.1, 0.15) is 31.4 Å². The smallest absolute Gasteiger partial charge is 0.0548 e. The van der Waals surface area contributed by atoms with Crippen LogP contribution < -0.4 is 11.3 Å². The summed E-state index contributed by atoms with van der Waals surface area (Å²) in [6.07, 6.45) is 1.71. The topological polar surface area (TPSA) is 38.0 Å². The minimum absolute atomic E-state index is 0.106. The third-order valence-corrected chi connectivity index (χ3v) is 3.50. The molecule has 0 saturated carbocycles. The van der Waals surface area contributed by atoms with E-state index in [0.29, 0.717) is 5.02 Å². The van der Waals surface area contributed by atoms with Gasteiger partial charge in [0.1, 0.15) is 0 Å². The standard InChI is InChI=1S/C12H14BrClN2/c1-2-3-4-5-12(16-15)9-6-7-11(14)10(13)8-9/h6-8,12,16H,4-5,15H2,1H3. The maximum absolute atomic E-state index is 5.93. The first kappa shape index (κ1) is 13.5. The van der Waals surface area contributed by atoms with Gasteiger partial charge in [-0.2, -0.15) is 0 Å². The van der Waals surface area contributed by atoms with Crippen molar-refractivity contribution in [2.45, 2.75) is 25.8 Å². The van der Waals surface area contributed by atoms with Crippen LogP contribution in [0.2, 0.25) is 5.02 Å². The first-order chi connectivity index (χ1) is 7.69. The number of hydrogen-bond acceptors (Lipinski definition) is 2. The minimum atomic E-state index is 0.106. The van der Waals surface area contributed by atoms with Crippen molar-refractivity contribution < 1.29 is 0 Å². The molecule has 1 atom stereocenters. The molecule has 0 spiro atoms. The monoisotopic (exact) mass is 300 g/mol. The van der Waals surface area contributed by atoms with Gasteiger partial charge in [0.15, 0.2) is 0 Å². The van der Waals surface area contributed by atoms with Gasteiger partial charge in [-0.1, -0.05) is 17.7 Å². The molecule has 0 aliphatic carbocycles. The highest BCUT2D eigenvalue weighted by atomic mass is 79.9. The number of nitrogens with two attached hydrogens (primary N) is 1. The van der Waals surface area contributed by atoms with Crippen molar-refractivity contribution in [1.82, 2.24) is 5.43 Å². The molecule has 0 aliphatic rings. The molecule has 0 amide bonds. The first-order valence-corrected chi connectivity index (χ1v) is 6.16. The van der Waals surface area contributed by atoms with E-state index in [-0.39, 0.29) is 6.04 Å². The molecule has 0 fully saturated rings. The maximum Gasteiger partial charge on any atom is 0.0548 e. The highest BCUT2D eigenvalue weighted by Gasteiger charge is 2.10. The predicted molar refractivity (Wildman–Crippen MR) is 71.9 cm³/mol. The first-order valence-electron chi connectivity index (χ1n) is 4.99. The molecular formula is C12H14BrClN2. The summed E-state index contributed by atoms with van der Waals surface area (Å²) >= 11 is 9.33. The van der Waals surface area contributed by atoms with Crippen molar-refractivity contribution >= 4 is 27.5 Å². The van der Waals surface area contributed by atoms with Crippen LogP contribution in [-0.4, -0.2) is 0 Å². The Labute approximate surface area is 110 Å². The van der Waals surface area contributed by atoms with E-state index >= 15 is 0 Å². The molecule has 0 bridgehead atoms. The zero-order valence-electron chi connectivity index (χ0n) is 9.06. The average Bonchev–Trinajstić information content (AvgIpc) is 2.29. The van der Waals surface area contributed by atoms with Crippen LogP contribution >= 0.6 is 27.5 Å². The summed E-state index contributed by atoms with van der Waals surface area (Å²) in [5.74, 6) is 11.4. The van der Waals surface area contributed by atoms with E-state index in [2.05, 4.69) is 33.2 Å². The lowest BCUT2D eigenvalue weighted by molar-refractivity contribution is 0.523. The molecule has 0 heterocycles. The van der Waals surface area contributed by atoms with Crippen LogP contribution in [0.15, 0.2) is 22.7 Å². The Bertz CT molecular complexity index is 409.